The van der Waals surface area contributed by atoms with Gasteiger partial charge >= 0.3 is 0 Å². The summed E-state index contributed by atoms with van der Waals surface area (Å²) in [7, 11) is 3.05. The lowest BCUT2D eigenvalue weighted by molar-refractivity contribution is 0.100. The van der Waals surface area contributed by atoms with Crippen molar-refractivity contribution in [3.63, 3.8) is 0 Å². The molecule has 1 aromatic heterocycles. The third-order valence-corrected chi connectivity index (χ3v) is 3.94. The molecule has 0 aliphatic rings. The number of ether oxygens (including phenoxy) is 2. The maximum absolute atomic E-state index is 11.2. The zero-order chi connectivity index (χ0) is 19.3. The molecule has 3 aromatic rings. The number of methoxy groups -OCH3 is 2. The van der Waals surface area contributed by atoms with Crippen LogP contribution >= 0.6 is 23.2 Å². The van der Waals surface area contributed by atoms with Gasteiger partial charge in [0.2, 0.25) is 0 Å². The predicted molar refractivity (Wildman–Crippen MR) is 104 cm³/mol. The van der Waals surface area contributed by atoms with Gasteiger partial charge in [0.05, 0.1) is 31.0 Å². The molecule has 8 heteroatoms. The standard InChI is InChI=1S/C12H13N3O3.C6H4Cl2/c1-17-9-3-6-8(4-10(9)18-2)15-5-7(11(6)13)12(14)16;7-5-2-1-3-6(8)4-5/h3-5H,1-2H3,(H2,13,15)(H2,14,16);1-4H. The van der Waals surface area contributed by atoms with E-state index in [0.717, 1.165) is 0 Å². The Labute approximate surface area is 160 Å². The number of fused-ring (bicyclic) bond motifs is 1. The van der Waals surface area contributed by atoms with Gasteiger partial charge in [-0.1, -0.05) is 29.3 Å². The smallest absolute Gasteiger partial charge is 0.252 e. The van der Waals surface area contributed by atoms with Gasteiger partial charge in [0.25, 0.3) is 5.91 Å². The first-order valence-corrected chi connectivity index (χ1v) is 8.14. The molecule has 3 rings (SSSR count). The van der Waals surface area contributed by atoms with Crippen LogP contribution in [0.1, 0.15) is 10.4 Å². The molecule has 0 aliphatic heterocycles. The quantitative estimate of drug-likeness (QED) is 0.701. The van der Waals surface area contributed by atoms with Crippen molar-refractivity contribution in [2.45, 2.75) is 0 Å². The van der Waals surface area contributed by atoms with Crippen molar-refractivity contribution in [1.82, 2.24) is 4.98 Å². The van der Waals surface area contributed by atoms with Crippen LogP contribution in [0.3, 0.4) is 0 Å². The first-order valence-electron chi connectivity index (χ1n) is 7.38. The van der Waals surface area contributed by atoms with Crippen molar-refractivity contribution in [2.24, 2.45) is 5.73 Å². The van der Waals surface area contributed by atoms with E-state index in [1.54, 1.807) is 30.3 Å². The van der Waals surface area contributed by atoms with E-state index in [4.69, 9.17) is 44.1 Å². The summed E-state index contributed by atoms with van der Waals surface area (Å²) < 4.78 is 10.3. The van der Waals surface area contributed by atoms with Crippen molar-refractivity contribution in [3.05, 3.63) is 58.2 Å². The maximum Gasteiger partial charge on any atom is 0.252 e. The third kappa shape index (κ3) is 4.47. The molecule has 0 aliphatic carbocycles. The largest absolute Gasteiger partial charge is 0.493 e. The molecule has 0 saturated heterocycles. The molecule has 0 spiro atoms. The number of carbonyl (C=O) groups is 1. The first-order chi connectivity index (χ1) is 12.4. The highest BCUT2D eigenvalue weighted by atomic mass is 35.5. The molecule has 0 fully saturated rings. The van der Waals surface area contributed by atoms with Crippen LogP contribution in [0.4, 0.5) is 5.69 Å². The Morgan fingerprint density at radius 1 is 1.04 bits per heavy atom. The molecule has 26 heavy (non-hydrogen) atoms. The second kappa shape index (κ2) is 8.60. The van der Waals surface area contributed by atoms with E-state index in [2.05, 4.69) is 4.98 Å². The van der Waals surface area contributed by atoms with Crippen LogP contribution in [-0.2, 0) is 0 Å². The van der Waals surface area contributed by atoms with Crippen LogP contribution in [-0.4, -0.2) is 25.1 Å². The SMILES string of the molecule is COc1cc2ncc(C(N)=O)c(N)c2cc1OC.Clc1cccc(Cl)c1. The lowest BCUT2D eigenvalue weighted by atomic mass is 10.1. The summed E-state index contributed by atoms with van der Waals surface area (Å²) in [6.45, 7) is 0. The molecule has 0 atom stereocenters. The number of primary amides is 1. The number of benzene rings is 2. The monoisotopic (exact) mass is 393 g/mol. The summed E-state index contributed by atoms with van der Waals surface area (Å²) in [6.07, 6.45) is 1.35. The average molecular weight is 394 g/mol. The Kier molecular flexibility index (Phi) is 6.49. The summed E-state index contributed by atoms with van der Waals surface area (Å²) in [5, 5.41) is 1.96. The number of nitrogens with two attached hydrogens (primary N) is 2. The number of rotatable bonds is 3. The number of carbonyl (C=O) groups excluding carboxylic acids is 1. The van der Waals surface area contributed by atoms with E-state index in [9.17, 15) is 4.79 Å². The Hall–Kier alpha value is -2.70. The van der Waals surface area contributed by atoms with Gasteiger partial charge in [-0.25, -0.2) is 0 Å². The molecule has 1 heterocycles. The molecule has 2 aromatic carbocycles. The second-order valence-corrected chi connectivity index (χ2v) is 5.99. The number of halogens is 2. The van der Waals surface area contributed by atoms with E-state index in [-0.39, 0.29) is 11.3 Å². The van der Waals surface area contributed by atoms with Crippen molar-refractivity contribution < 1.29 is 14.3 Å². The van der Waals surface area contributed by atoms with Gasteiger partial charge < -0.3 is 20.9 Å². The second-order valence-electron chi connectivity index (χ2n) is 5.11. The molecule has 0 radical (unpaired) electrons. The Morgan fingerprint density at radius 2 is 1.62 bits per heavy atom. The summed E-state index contributed by atoms with van der Waals surface area (Å²) in [4.78, 5) is 15.3. The minimum Gasteiger partial charge on any atom is -0.493 e. The maximum atomic E-state index is 11.2. The summed E-state index contributed by atoms with van der Waals surface area (Å²) in [5.41, 5.74) is 12.2. The molecular weight excluding hydrogens is 377 g/mol. The van der Waals surface area contributed by atoms with E-state index < -0.39 is 5.91 Å². The number of hydrogen-bond acceptors (Lipinski definition) is 5. The van der Waals surface area contributed by atoms with Crippen molar-refractivity contribution in [3.8, 4) is 11.5 Å². The van der Waals surface area contributed by atoms with E-state index in [1.807, 2.05) is 6.07 Å². The van der Waals surface area contributed by atoms with Crippen LogP contribution in [0.5, 0.6) is 11.5 Å². The van der Waals surface area contributed by atoms with Gasteiger partial charge in [0, 0.05) is 27.7 Å². The molecular formula is C18H17Cl2N3O3. The third-order valence-electron chi connectivity index (χ3n) is 3.47. The molecule has 0 unspecified atom stereocenters. The number of anilines is 1. The predicted octanol–water partition coefficient (Wildman–Crippen LogP) is 3.93. The number of pyridine rings is 1. The number of nitrogens with zero attached hydrogens (tertiary/aromatic N) is 1. The van der Waals surface area contributed by atoms with E-state index in [1.165, 1.54) is 20.4 Å². The minimum atomic E-state index is -0.614. The number of hydrogen-bond donors (Lipinski definition) is 2. The van der Waals surface area contributed by atoms with Crippen LogP contribution in [0.25, 0.3) is 10.9 Å². The van der Waals surface area contributed by atoms with Gasteiger partial charge in [-0.3, -0.25) is 9.78 Å². The topological polar surface area (TPSA) is 100 Å². The van der Waals surface area contributed by atoms with Gasteiger partial charge in [-0.2, -0.15) is 0 Å². The van der Waals surface area contributed by atoms with Gasteiger partial charge in [0.1, 0.15) is 0 Å². The normalized spacial score (nSPS) is 10.0. The molecule has 136 valence electrons. The Morgan fingerprint density at radius 3 is 2.08 bits per heavy atom. The van der Waals surface area contributed by atoms with E-state index >= 15 is 0 Å². The van der Waals surface area contributed by atoms with Gasteiger partial charge in [-0.05, 0) is 24.3 Å². The summed E-state index contributed by atoms with van der Waals surface area (Å²) >= 11 is 11.1. The highest BCUT2D eigenvalue weighted by Gasteiger charge is 2.13. The van der Waals surface area contributed by atoms with Crippen LogP contribution in [0.2, 0.25) is 10.0 Å². The summed E-state index contributed by atoms with van der Waals surface area (Å²) in [6, 6.07) is 10.4. The Balaban J connectivity index is 0.000000254. The molecule has 4 N–H and O–H groups in total. The van der Waals surface area contributed by atoms with Gasteiger partial charge in [-0.15, -0.1) is 0 Å². The average Bonchev–Trinajstić information content (AvgIpc) is 2.61. The number of aromatic nitrogens is 1. The molecule has 6 nitrogen and oxygen atoms in total. The highest BCUT2D eigenvalue weighted by Crippen LogP contribution is 2.34. The fourth-order valence-electron chi connectivity index (χ4n) is 2.20. The van der Waals surface area contributed by atoms with E-state index in [0.29, 0.717) is 32.4 Å². The van der Waals surface area contributed by atoms with Crippen molar-refractivity contribution in [2.75, 3.05) is 20.0 Å². The number of amides is 1. The number of nitrogen functional groups attached to an aromatic ring is 1. The van der Waals surface area contributed by atoms with Crippen LogP contribution < -0.4 is 20.9 Å². The molecule has 0 saturated carbocycles. The zero-order valence-electron chi connectivity index (χ0n) is 14.1. The zero-order valence-corrected chi connectivity index (χ0v) is 15.6. The fraction of sp³-hybridized carbons (Fsp3) is 0.111. The Bertz CT molecular complexity index is 931. The molecule has 1 amide bonds. The van der Waals surface area contributed by atoms with Crippen molar-refractivity contribution in [1.29, 1.82) is 0 Å². The summed E-state index contributed by atoms with van der Waals surface area (Å²) in [5.74, 6) is 0.445. The lowest BCUT2D eigenvalue weighted by Crippen LogP contribution is -2.14. The van der Waals surface area contributed by atoms with Crippen LogP contribution in [0.15, 0.2) is 42.6 Å². The van der Waals surface area contributed by atoms with Crippen molar-refractivity contribution >= 4 is 45.7 Å². The van der Waals surface area contributed by atoms with Crippen LogP contribution in [0, 0.1) is 0 Å². The minimum absolute atomic E-state index is 0.190. The molecule has 0 bridgehead atoms. The highest BCUT2D eigenvalue weighted by molar-refractivity contribution is 6.34. The lowest BCUT2D eigenvalue weighted by Gasteiger charge is -2.11. The fourth-order valence-corrected chi connectivity index (χ4v) is 2.63. The first kappa shape index (κ1) is 19.6. The van der Waals surface area contributed by atoms with Gasteiger partial charge in [0.15, 0.2) is 11.5 Å².